The second-order valence-corrected chi connectivity index (χ2v) is 50.2. The minimum Gasteiger partial charge on any atom is -0.337 e. The number of nitrogens with one attached hydrogen (secondary N) is 4. The largest absolute Gasteiger partial charge is 0.337 e. The molecule has 12 heteroatoms. The van der Waals surface area contributed by atoms with Gasteiger partial charge >= 0.3 is 0 Å². The molecular formula is C74H104N8Si4. The number of benzene rings is 4. The molecule has 0 saturated heterocycles. The van der Waals surface area contributed by atoms with Gasteiger partial charge in [-0.25, -0.2) is 20.0 Å². The van der Waals surface area contributed by atoms with Crippen molar-refractivity contribution < 1.29 is 0 Å². The van der Waals surface area contributed by atoms with Crippen LogP contribution in [0.4, 0.5) is 22.7 Å². The molecule has 0 radical (unpaired) electrons. The van der Waals surface area contributed by atoms with E-state index in [0.717, 1.165) is 45.0 Å². The molecule has 0 spiro atoms. The maximum Gasteiger partial charge on any atom is 0.202 e. The zero-order chi connectivity index (χ0) is 63.6. The molecule has 0 saturated carbocycles. The molecule has 0 amide bonds. The molecule has 86 heavy (non-hydrogen) atoms. The van der Waals surface area contributed by atoms with E-state index < -0.39 is 32.3 Å². The smallest absolute Gasteiger partial charge is 0.202 e. The highest BCUT2D eigenvalue weighted by Crippen LogP contribution is 2.44. The van der Waals surface area contributed by atoms with Gasteiger partial charge in [-0.05, 0) is 164 Å². The first kappa shape index (κ1) is 68.7. The highest BCUT2D eigenvalue weighted by Gasteiger charge is 2.45. The van der Waals surface area contributed by atoms with Crippen LogP contribution in [0.3, 0.4) is 0 Å². The lowest BCUT2D eigenvalue weighted by molar-refractivity contribution is 0.838. The summed E-state index contributed by atoms with van der Waals surface area (Å²) < 4.78 is 0. The Morgan fingerprint density at radius 1 is 0.233 bits per heavy atom. The minimum absolute atomic E-state index is 0.364. The number of rotatable bonds is 16. The second kappa shape index (κ2) is 29.1. The summed E-state index contributed by atoms with van der Waals surface area (Å²) in [6, 6.07) is 33.3. The summed E-state index contributed by atoms with van der Waals surface area (Å²) in [5, 5.41) is 14.4. The van der Waals surface area contributed by atoms with Crippen LogP contribution in [0, 0.1) is 45.9 Å². The number of nitrogens with zero attached hydrogens (tertiary/aromatic N) is 4. The fourth-order valence-corrected chi connectivity index (χ4v) is 35.7. The van der Waals surface area contributed by atoms with Crippen LogP contribution in [0.25, 0.3) is 0 Å². The lowest BCUT2D eigenvalue weighted by atomic mass is 10.2. The number of amidine groups is 4. The van der Waals surface area contributed by atoms with E-state index in [1.807, 2.05) is 0 Å². The molecule has 8 nitrogen and oxygen atoms in total. The van der Waals surface area contributed by atoms with Gasteiger partial charge < -0.3 is 21.3 Å². The zero-order valence-electron chi connectivity index (χ0n) is 57.0. The minimum atomic E-state index is -1.92. The second-order valence-electron chi connectivity index (χ2n) is 27.9. The highest BCUT2D eigenvalue weighted by molar-refractivity contribution is 6.92. The number of aliphatic imine (C=N–C) groups is 4. The Kier molecular flexibility index (Phi) is 23.2. The summed E-state index contributed by atoms with van der Waals surface area (Å²) in [5.74, 6) is 17.4. The predicted molar refractivity (Wildman–Crippen MR) is 389 cm³/mol. The lowest BCUT2D eigenvalue weighted by Gasteiger charge is -2.38. The molecule has 0 atom stereocenters. The Balaban J connectivity index is 1.43. The molecule has 0 aromatic heterocycles. The van der Waals surface area contributed by atoms with Gasteiger partial charge in [0, 0.05) is 45.0 Å². The number of hydrogen-bond acceptors (Lipinski definition) is 8. The molecule has 0 aliphatic carbocycles. The van der Waals surface area contributed by atoms with Crippen molar-refractivity contribution in [2.45, 2.75) is 233 Å². The van der Waals surface area contributed by atoms with Crippen LogP contribution >= 0.6 is 0 Å². The van der Waals surface area contributed by atoms with Crippen molar-refractivity contribution in [1.82, 2.24) is 0 Å². The van der Waals surface area contributed by atoms with Crippen molar-refractivity contribution in [3.8, 4) is 45.9 Å². The van der Waals surface area contributed by atoms with Crippen molar-refractivity contribution in [3.05, 3.63) is 131 Å². The van der Waals surface area contributed by atoms with Crippen LogP contribution < -0.4 is 21.3 Å². The van der Waals surface area contributed by atoms with Crippen LogP contribution in [-0.2, 0) is 0 Å². The standard InChI is InChI=1S/C74H104N8Si4/c1-49(2)83(50(3)4,51(5)6)45-41-61-25-33-65(34-26-61)75-69-70(76-66-35-27-62(28-36-66)42-46-84(52(7)8,53(9)10)54(11)12)80-73(79-69)74-81-71(77-67-37-29-63(30-38-67)43-47-85(55(13)14,56(15)16)57(17)18)72(82-74)78-68-39-31-64(32-40-68)44-48-86(58(19)20,59(21)22)60(23)24/h25-40,49-60H,1-24H3,(H,75,79)(H,76,80)(H,77,81)(H,78,82). The molecule has 0 unspecified atom stereocenters. The Hall–Kier alpha value is -6.39. The maximum absolute atomic E-state index is 5.16. The van der Waals surface area contributed by atoms with Gasteiger partial charge in [0.15, 0.2) is 23.3 Å². The van der Waals surface area contributed by atoms with Crippen molar-refractivity contribution in [3.63, 3.8) is 0 Å². The van der Waals surface area contributed by atoms with Crippen molar-refractivity contribution in [1.29, 1.82) is 0 Å². The summed E-state index contributed by atoms with van der Waals surface area (Å²) in [4.78, 5) is 20.6. The van der Waals surface area contributed by atoms with E-state index in [1.165, 1.54) is 0 Å². The number of anilines is 4. The topological polar surface area (TPSA) is 97.6 Å². The van der Waals surface area contributed by atoms with Crippen molar-refractivity contribution in [2.75, 3.05) is 21.3 Å². The third-order valence-electron chi connectivity index (χ3n) is 19.3. The maximum atomic E-state index is 5.16. The van der Waals surface area contributed by atoms with Crippen molar-refractivity contribution in [2.24, 2.45) is 20.0 Å². The fraction of sp³-hybridized carbons (Fsp3) is 0.486. The normalized spacial score (nSPS) is 14.0. The van der Waals surface area contributed by atoms with Gasteiger partial charge in [0.1, 0.15) is 32.3 Å². The van der Waals surface area contributed by atoms with E-state index in [-0.39, 0.29) is 0 Å². The summed E-state index contributed by atoms with van der Waals surface area (Å²) in [6.45, 7) is 56.5. The molecule has 4 N–H and O–H groups in total. The zero-order valence-corrected chi connectivity index (χ0v) is 61.0. The molecule has 2 aliphatic heterocycles. The van der Waals surface area contributed by atoms with E-state index in [2.05, 4.69) is 330 Å². The molecule has 2 aliphatic rings. The third-order valence-corrected chi connectivity index (χ3v) is 44.4. The monoisotopic (exact) mass is 1220 g/mol. The highest BCUT2D eigenvalue weighted by atomic mass is 28.3. The average molecular weight is 1220 g/mol. The predicted octanol–water partition coefficient (Wildman–Crippen LogP) is 20.5. The summed E-state index contributed by atoms with van der Waals surface area (Å²) in [5.41, 5.74) is 29.5. The van der Waals surface area contributed by atoms with E-state index in [4.69, 9.17) is 20.0 Å². The van der Waals surface area contributed by atoms with E-state index in [9.17, 15) is 0 Å². The summed E-state index contributed by atoms with van der Waals surface area (Å²) >= 11 is 0. The molecule has 4 aromatic rings. The van der Waals surface area contributed by atoms with Crippen molar-refractivity contribution >= 4 is 78.4 Å². The Labute approximate surface area is 525 Å². The van der Waals surface area contributed by atoms with Gasteiger partial charge in [-0.3, -0.25) is 0 Å². The summed E-state index contributed by atoms with van der Waals surface area (Å²) in [6.07, 6.45) is 0. The molecular weight excluding hydrogens is 1110 g/mol. The van der Waals surface area contributed by atoms with Crippen LogP contribution in [0.1, 0.15) is 188 Å². The molecule has 0 fully saturated rings. The lowest BCUT2D eigenvalue weighted by Crippen LogP contribution is -2.43. The third kappa shape index (κ3) is 15.1. The van der Waals surface area contributed by atoms with E-state index in [0.29, 0.717) is 101 Å². The van der Waals surface area contributed by atoms with E-state index >= 15 is 0 Å². The average Bonchev–Trinajstić information content (AvgIpc) is 1.47. The Bertz CT molecular complexity index is 2870. The van der Waals surface area contributed by atoms with Gasteiger partial charge in [0.2, 0.25) is 11.6 Å². The SMILES string of the molecule is CC(C)[Si](C#Cc1ccc(NC2=NC(=C3N=C(Nc4ccc(C#C[Si](C(C)C)(C(C)C)C(C)C)cc4)C(Nc4ccc(C#C[Si](C(C)C)(C(C)C)C(C)C)cc4)=N3)N=C2Nc2ccc(C#C[Si](C(C)C)(C(C)C)C(C)C)cc2)cc1)(C(C)C)C(C)C. The quantitative estimate of drug-likeness (QED) is 0.0664. The molecule has 6 rings (SSSR count). The van der Waals surface area contributed by atoms with Crippen LogP contribution in [0.5, 0.6) is 0 Å². The van der Waals surface area contributed by atoms with Gasteiger partial charge in [-0.15, -0.1) is 22.2 Å². The Morgan fingerprint density at radius 3 is 0.500 bits per heavy atom. The van der Waals surface area contributed by atoms with Gasteiger partial charge in [-0.1, -0.05) is 190 Å². The van der Waals surface area contributed by atoms with Crippen LogP contribution in [-0.4, -0.2) is 55.6 Å². The van der Waals surface area contributed by atoms with Gasteiger partial charge in [-0.2, -0.15) is 0 Å². The van der Waals surface area contributed by atoms with Crippen LogP contribution in [0.15, 0.2) is 129 Å². The molecule has 2 heterocycles. The molecule has 0 bridgehead atoms. The first-order chi connectivity index (χ1) is 40.4. The van der Waals surface area contributed by atoms with Gasteiger partial charge in [0.25, 0.3) is 0 Å². The first-order valence-electron chi connectivity index (χ1n) is 32.1. The summed E-state index contributed by atoms with van der Waals surface area (Å²) in [7, 11) is -7.67. The fourth-order valence-electron chi connectivity index (χ4n) is 14.8. The van der Waals surface area contributed by atoms with E-state index in [1.54, 1.807) is 0 Å². The first-order valence-corrected chi connectivity index (χ1v) is 41.1. The Morgan fingerprint density at radius 2 is 0.372 bits per heavy atom. The number of hydrogen-bond donors (Lipinski definition) is 4. The molecule has 4 aromatic carbocycles. The van der Waals surface area contributed by atoms with Crippen LogP contribution in [0.2, 0.25) is 66.5 Å². The van der Waals surface area contributed by atoms with Gasteiger partial charge in [0.05, 0.1) is 0 Å². The molecule has 456 valence electrons.